The fourth-order valence-electron chi connectivity index (χ4n) is 3.06. The van der Waals surface area contributed by atoms with E-state index in [1.54, 1.807) is 12.1 Å². The minimum atomic E-state index is -1.12. The maximum atomic E-state index is 12.2. The minimum absolute atomic E-state index is 0.0613. The highest BCUT2D eigenvalue weighted by Crippen LogP contribution is 2.40. The molecule has 6 nitrogen and oxygen atoms in total. The number of carbonyl (C=O) groups is 3. The molecule has 0 aromatic carbocycles. The molecular weight excluding hydrogens is 260 g/mol. The second-order valence-corrected chi connectivity index (χ2v) is 5.23. The third kappa shape index (κ3) is 1.97. The van der Waals surface area contributed by atoms with Crippen molar-refractivity contribution in [2.45, 2.75) is 25.8 Å². The summed E-state index contributed by atoms with van der Waals surface area (Å²) in [4.78, 5) is 40.4. The van der Waals surface area contributed by atoms with Crippen LogP contribution in [0.25, 0.3) is 0 Å². The molecule has 20 heavy (non-hydrogen) atoms. The van der Waals surface area contributed by atoms with Gasteiger partial charge in [0.1, 0.15) is 5.69 Å². The van der Waals surface area contributed by atoms with Crippen molar-refractivity contribution < 1.29 is 19.5 Å². The highest BCUT2D eigenvalue weighted by Gasteiger charge is 2.49. The molecule has 104 valence electrons. The van der Waals surface area contributed by atoms with E-state index in [2.05, 4.69) is 4.98 Å². The molecule has 2 aliphatic rings. The van der Waals surface area contributed by atoms with E-state index in [1.807, 2.05) is 0 Å². The van der Waals surface area contributed by atoms with E-state index in [4.69, 9.17) is 5.11 Å². The van der Waals surface area contributed by atoms with Crippen LogP contribution < -0.4 is 0 Å². The molecule has 2 unspecified atom stereocenters. The second kappa shape index (κ2) is 4.70. The molecule has 2 amide bonds. The normalized spacial score (nSPS) is 25.1. The Hall–Kier alpha value is -2.24. The molecule has 1 aromatic heterocycles. The van der Waals surface area contributed by atoms with Crippen LogP contribution >= 0.6 is 0 Å². The minimum Gasteiger partial charge on any atom is -0.477 e. The van der Waals surface area contributed by atoms with Gasteiger partial charge in [-0.15, -0.1) is 0 Å². The molecule has 1 aliphatic carbocycles. The largest absolute Gasteiger partial charge is 0.477 e. The molecule has 1 aromatic rings. The zero-order chi connectivity index (χ0) is 14.3. The number of carboxylic acids is 1. The third-order valence-electron chi connectivity index (χ3n) is 4.03. The quantitative estimate of drug-likeness (QED) is 0.833. The van der Waals surface area contributed by atoms with Crippen molar-refractivity contribution in [2.75, 3.05) is 0 Å². The van der Waals surface area contributed by atoms with E-state index in [-0.39, 0.29) is 35.9 Å². The number of fused-ring (bicyclic) bond motifs is 1. The Kier molecular flexibility index (Phi) is 3.00. The van der Waals surface area contributed by atoms with E-state index < -0.39 is 5.97 Å². The molecule has 1 saturated carbocycles. The third-order valence-corrected chi connectivity index (χ3v) is 4.03. The number of hydrogen-bond acceptors (Lipinski definition) is 4. The first-order valence-corrected chi connectivity index (χ1v) is 6.62. The van der Waals surface area contributed by atoms with Crippen LogP contribution in [0.3, 0.4) is 0 Å². The molecule has 2 heterocycles. The number of pyridine rings is 1. The number of rotatable bonds is 3. The Balaban J connectivity index is 1.81. The number of nitrogens with zero attached hydrogens (tertiary/aromatic N) is 2. The summed E-state index contributed by atoms with van der Waals surface area (Å²) in [5, 5.41) is 8.90. The van der Waals surface area contributed by atoms with Crippen molar-refractivity contribution in [3.05, 3.63) is 29.6 Å². The van der Waals surface area contributed by atoms with Crippen molar-refractivity contribution in [2.24, 2.45) is 11.8 Å². The van der Waals surface area contributed by atoms with Crippen LogP contribution in [0.5, 0.6) is 0 Å². The van der Waals surface area contributed by atoms with Crippen molar-refractivity contribution in [1.29, 1.82) is 0 Å². The molecule has 2 atom stereocenters. The molecule has 1 saturated heterocycles. The highest BCUT2D eigenvalue weighted by molar-refractivity contribution is 6.05. The van der Waals surface area contributed by atoms with E-state index in [1.165, 1.54) is 11.0 Å². The van der Waals surface area contributed by atoms with Gasteiger partial charge in [0, 0.05) is 0 Å². The van der Waals surface area contributed by atoms with Crippen LogP contribution in [-0.2, 0) is 16.1 Å². The Labute approximate surface area is 115 Å². The van der Waals surface area contributed by atoms with Crippen molar-refractivity contribution in [3.8, 4) is 0 Å². The average Bonchev–Trinajstić information content (AvgIpc) is 2.99. The molecular formula is C14H14N2O4. The summed E-state index contributed by atoms with van der Waals surface area (Å²) in [7, 11) is 0. The van der Waals surface area contributed by atoms with E-state index in [0.29, 0.717) is 5.69 Å². The van der Waals surface area contributed by atoms with Crippen LogP contribution in [-0.4, -0.2) is 32.8 Å². The van der Waals surface area contributed by atoms with Crippen molar-refractivity contribution in [1.82, 2.24) is 9.88 Å². The number of aromatic nitrogens is 1. The fourth-order valence-corrected chi connectivity index (χ4v) is 3.06. The number of hydrogen-bond donors (Lipinski definition) is 1. The lowest BCUT2D eigenvalue weighted by Gasteiger charge is -2.15. The SMILES string of the molecule is O=C(O)c1cccc(CN2C(=O)C3CCCC3C2=O)n1. The van der Waals surface area contributed by atoms with Gasteiger partial charge >= 0.3 is 5.97 Å². The lowest BCUT2D eigenvalue weighted by Crippen LogP contribution is -2.31. The Morgan fingerprint density at radius 1 is 1.25 bits per heavy atom. The zero-order valence-corrected chi connectivity index (χ0v) is 10.8. The predicted octanol–water partition coefficient (Wildman–Crippen LogP) is 1.06. The summed E-state index contributed by atoms with van der Waals surface area (Å²) in [5.41, 5.74) is 0.341. The molecule has 0 radical (unpaired) electrons. The maximum absolute atomic E-state index is 12.2. The lowest BCUT2D eigenvalue weighted by molar-refractivity contribution is -0.141. The Morgan fingerprint density at radius 2 is 1.90 bits per heavy atom. The zero-order valence-electron chi connectivity index (χ0n) is 10.8. The van der Waals surface area contributed by atoms with E-state index in [0.717, 1.165) is 19.3 Å². The smallest absolute Gasteiger partial charge is 0.354 e. The molecule has 1 N–H and O–H groups in total. The molecule has 0 spiro atoms. The van der Waals surface area contributed by atoms with E-state index in [9.17, 15) is 14.4 Å². The van der Waals surface area contributed by atoms with Crippen LogP contribution in [0, 0.1) is 11.8 Å². The van der Waals surface area contributed by atoms with Crippen molar-refractivity contribution in [3.63, 3.8) is 0 Å². The summed E-state index contributed by atoms with van der Waals surface area (Å²) in [5.74, 6) is -1.75. The Morgan fingerprint density at radius 3 is 2.50 bits per heavy atom. The number of carboxylic acid groups (broad SMARTS) is 1. The molecule has 0 bridgehead atoms. The van der Waals surface area contributed by atoms with Gasteiger partial charge in [0.2, 0.25) is 11.8 Å². The Bertz CT molecular complexity index is 577. The van der Waals surface area contributed by atoms with Gasteiger partial charge in [-0.3, -0.25) is 14.5 Å². The number of carbonyl (C=O) groups excluding carboxylic acids is 2. The van der Waals surface area contributed by atoms with Gasteiger partial charge in [-0.1, -0.05) is 12.5 Å². The first kappa shape index (κ1) is 12.8. The topological polar surface area (TPSA) is 87.6 Å². The highest BCUT2D eigenvalue weighted by atomic mass is 16.4. The second-order valence-electron chi connectivity index (χ2n) is 5.23. The molecule has 6 heteroatoms. The summed E-state index contributed by atoms with van der Waals surface area (Å²) in [6, 6.07) is 4.58. The summed E-state index contributed by atoms with van der Waals surface area (Å²) in [6.07, 6.45) is 2.47. The van der Waals surface area contributed by atoms with Gasteiger partial charge in [-0.05, 0) is 25.0 Å². The van der Waals surface area contributed by atoms with Gasteiger partial charge in [0.05, 0.1) is 24.1 Å². The number of amides is 2. The lowest BCUT2D eigenvalue weighted by atomic mass is 10.00. The average molecular weight is 274 g/mol. The van der Waals surface area contributed by atoms with E-state index >= 15 is 0 Å². The van der Waals surface area contributed by atoms with Gasteiger partial charge < -0.3 is 5.11 Å². The number of aromatic carboxylic acids is 1. The van der Waals surface area contributed by atoms with Crippen LogP contribution in [0.15, 0.2) is 18.2 Å². The van der Waals surface area contributed by atoms with Gasteiger partial charge in [0.25, 0.3) is 0 Å². The summed E-state index contributed by atoms with van der Waals surface area (Å²) >= 11 is 0. The van der Waals surface area contributed by atoms with Crippen LogP contribution in [0.1, 0.15) is 35.4 Å². The predicted molar refractivity (Wildman–Crippen MR) is 67.6 cm³/mol. The standard InChI is InChI=1S/C14H14N2O4/c17-12-9-4-2-5-10(9)13(18)16(12)7-8-3-1-6-11(15-8)14(19)20/h1,3,6,9-10H,2,4-5,7H2,(H,19,20). The molecule has 3 rings (SSSR count). The fraction of sp³-hybridized carbons (Fsp3) is 0.429. The monoisotopic (exact) mass is 274 g/mol. The summed E-state index contributed by atoms with van der Waals surface area (Å²) < 4.78 is 0. The molecule has 1 aliphatic heterocycles. The van der Waals surface area contributed by atoms with Gasteiger partial charge in [0.15, 0.2) is 0 Å². The van der Waals surface area contributed by atoms with Crippen molar-refractivity contribution >= 4 is 17.8 Å². The van der Waals surface area contributed by atoms with Crippen LogP contribution in [0.2, 0.25) is 0 Å². The first-order valence-electron chi connectivity index (χ1n) is 6.62. The van der Waals surface area contributed by atoms with Gasteiger partial charge in [-0.2, -0.15) is 0 Å². The van der Waals surface area contributed by atoms with Crippen LogP contribution in [0.4, 0.5) is 0 Å². The number of likely N-dealkylation sites (tertiary alicyclic amines) is 1. The van der Waals surface area contributed by atoms with Gasteiger partial charge in [-0.25, -0.2) is 9.78 Å². The maximum Gasteiger partial charge on any atom is 0.354 e. The summed E-state index contributed by atoms with van der Waals surface area (Å²) in [6.45, 7) is 0.0613. The molecule has 2 fully saturated rings. The number of imide groups is 1. The first-order chi connectivity index (χ1) is 9.58.